The zero-order valence-electron chi connectivity index (χ0n) is 10.5. The highest BCUT2D eigenvalue weighted by Crippen LogP contribution is 2.20. The van der Waals surface area contributed by atoms with Crippen molar-refractivity contribution in [1.29, 1.82) is 0 Å². The first-order valence-corrected chi connectivity index (χ1v) is 6.61. The number of hydrogen-bond acceptors (Lipinski definition) is 2. The summed E-state index contributed by atoms with van der Waals surface area (Å²) in [6.07, 6.45) is 1.83. The van der Waals surface area contributed by atoms with Crippen LogP contribution in [-0.4, -0.2) is 40.2 Å². The van der Waals surface area contributed by atoms with E-state index in [0.29, 0.717) is 5.69 Å². The van der Waals surface area contributed by atoms with Gasteiger partial charge in [-0.05, 0) is 42.0 Å². The molecular formula is C12H19BrN2O2. The van der Waals surface area contributed by atoms with E-state index in [2.05, 4.69) is 34.7 Å². The third-order valence-corrected chi connectivity index (χ3v) is 3.36. The Bertz CT molecular complexity index is 386. The van der Waals surface area contributed by atoms with Crippen LogP contribution in [0.15, 0.2) is 16.7 Å². The van der Waals surface area contributed by atoms with Crippen LogP contribution in [-0.2, 0) is 0 Å². The van der Waals surface area contributed by atoms with E-state index in [1.165, 1.54) is 0 Å². The van der Waals surface area contributed by atoms with Gasteiger partial charge in [-0.2, -0.15) is 0 Å². The quantitative estimate of drug-likeness (QED) is 0.879. The Labute approximate surface area is 110 Å². The van der Waals surface area contributed by atoms with Crippen molar-refractivity contribution >= 4 is 21.9 Å². The van der Waals surface area contributed by atoms with Crippen LogP contribution in [0.25, 0.3) is 0 Å². The largest absolute Gasteiger partial charge is 0.477 e. The number of carboxylic acids is 1. The summed E-state index contributed by atoms with van der Waals surface area (Å²) in [7, 11) is 0. The molecule has 5 heteroatoms. The minimum Gasteiger partial charge on any atom is -0.477 e. The Balaban J connectivity index is 2.87. The summed E-state index contributed by atoms with van der Waals surface area (Å²) in [6, 6.07) is 1.79. The van der Waals surface area contributed by atoms with E-state index in [4.69, 9.17) is 5.11 Å². The van der Waals surface area contributed by atoms with Crippen LogP contribution in [0.2, 0.25) is 0 Å². The maximum absolute atomic E-state index is 11.1. The highest BCUT2D eigenvalue weighted by atomic mass is 79.9. The second-order valence-electron chi connectivity index (χ2n) is 4.09. The van der Waals surface area contributed by atoms with Gasteiger partial charge in [0.25, 0.3) is 0 Å². The lowest BCUT2D eigenvalue weighted by Crippen LogP contribution is -2.30. The number of carbonyl (C=O) groups is 1. The molecule has 96 valence electrons. The van der Waals surface area contributed by atoms with Crippen molar-refractivity contribution in [3.63, 3.8) is 0 Å². The Kier molecular flexibility index (Phi) is 5.21. The van der Waals surface area contributed by atoms with Crippen molar-refractivity contribution in [3.8, 4) is 0 Å². The zero-order valence-corrected chi connectivity index (χ0v) is 12.1. The molecule has 1 rings (SSSR count). The number of halogens is 1. The first kappa shape index (κ1) is 14.3. The van der Waals surface area contributed by atoms with Gasteiger partial charge in [0, 0.05) is 23.3 Å². The van der Waals surface area contributed by atoms with Gasteiger partial charge in [-0.15, -0.1) is 0 Å². The molecule has 0 aliphatic rings. The Morgan fingerprint density at radius 1 is 1.53 bits per heavy atom. The fraction of sp³-hybridized carbons (Fsp3) is 0.583. The number of hydrogen-bond donors (Lipinski definition) is 1. The van der Waals surface area contributed by atoms with Crippen LogP contribution < -0.4 is 0 Å². The summed E-state index contributed by atoms with van der Waals surface area (Å²) in [5, 5.41) is 9.12. The summed E-state index contributed by atoms with van der Waals surface area (Å²) in [6.45, 7) is 9.07. The maximum Gasteiger partial charge on any atom is 0.352 e. The standard InChI is InChI=1S/C12H19BrN2O2/c1-4-14(5-2)7-9(3)15-8-10(13)6-11(15)12(16)17/h6,8-9H,4-5,7H2,1-3H3,(H,16,17). The van der Waals surface area contributed by atoms with Crippen molar-refractivity contribution in [2.45, 2.75) is 26.8 Å². The van der Waals surface area contributed by atoms with Gasteiger partial charge < -0.3 is 14.6 Å². The van der Waals surface area contributed by atoms with Crippen LogP contribution in [0.3, 0.4) is 0 Å². The molecule has 17 heavy (non-hydrogen) atoms. The van der Waals surface area contributed by atoms with Gasteiger partial charge >= 0.3 is 5.97 Å². The molecule has 4 nitrogen and oxygen atoms in total. The molecule has 0 fully saturated rings. The van der Waals surface area contributed by atoms with Gasteiger partial charge in [-0.3, -0.25) is 0 Å². The molecule has 1 aromatic heterocycles. The van der Waals surface area contributed by atoms with Crippen LogP contribution >= 0.6 is 15.9 Å². The number of aromatic carboxylic acids is 1. The molecular weight excluding hydrogens is 284 g/mol. The van der Waals surface area contributed by atoms with Crippen LogP contribution in [0, 0.1) is 0 Å². The van der Waals surface area contributed by atoms with E-state index in [0.717, 1.165) is 24.1 Å². The normalized spacial score (nSPS) is 13.0. The van der Waals surface area contributed by atoms with Crippen LogP contribution in [0.4, 0.5) is 0 Å². The predicted octanol–water partition coefficient (Wildman–Crippen LogP) is 2.85. The third-order valence-electron chi connectivity index (χ3n) is 2.93. The van der Waals surface area contributed by atoms with Crippen molar-refractivity contribution < 1.29 is 9.90 Å². The summed E-state index contributed by atoms with van der Waals surface area (Å²) < 4.78 is 2.62. The number of rotatable bonds is 6. The Morgan fingerprint density at radius 3 is 2.59 bits per heavy atom. The van der Waals surface area contributed by atoms with Crippen molar-refractivity contribution in [2.24, 2.45) is 0 Å². The molecule has 0 aliphatic carbocycles. The van der Waals surface area contributed by atoms with Crippen molar-refractivity contribution in [3.05, 3.63) is 22.4 Å². The third kappa shape index (κ3) is 3.57. The fourth-order valence-electron chi connectivity index (χ4n) is 1.93. The first-order valence-electron chi connectivity index (χ1n) is 5.82. The van der Waals surface area contributed by atoms with E-state index < -0.39 is 5.97 Å². The smallest absolute Gasteiger partial charge is 0.352 e. The number of carboxylic acid groups (broad SMARTS) is 1. The highest BCUT2D eigenvalue weighted by molar-refractivity contribution is 9.10. The SMILES string of the molecule is CCN(CC)CC(C)n1cc(Br)cc1C(=O)O. The minimum atomic E-state index is -0.887. The minimum absolute atomic E-state index is 0.146. The van der Waals surface area contributed by atoms with E-state index in [9.17, 15) is 4.79 Å². The average molecular weight is 303 g/mol. The lowest BCUT2D eigenvalue weighted by Gasteiger charge is -2.24. The lowest BCUT2D eigenvalue weighted by atomic mass is 10.3. The van der Waals surface area contributed by atoms with E-state index in [1.807, 2.05) is 17.7 Å². The molecule has 1 heterocycles. The summed E-state index contributed by atoms with van der Waals surface area (Å²) in [4.78, 5) is 13.4. The molecule has 1 unspecified atom stereocenters. The van der Waals surface area contributed by atoms with Gasteiger partial charge in [0.1, 0.15) is 5.69 Å². The molecule has 1 atom stereocenters. The van der Waals surface area contributed by atoms with Gasteiger partial charge in [0.2, 0.25) is 0 Å². The summed E-state index contributed by atoms with van der Waals surface area (Å²) in [5.41, 5.74) is 0.330. The molecule has 1 aromatic rings. The monoisotopic (exact) mass is 302 g/mol. The maximum atomic E-state index is 11.1. The molecule has 0 spiro atoms. The van der Waals surface area contributed by atoms with Gasteiger partial charge in [0.05, 0.1) is 0 Å². The Morgan fingerprint density at radius 2 is 2.12 bits per heavy atom. The van der Waals surface area contributed by atoms with Gasteiger partial charge in [-0.25, -0.2) is 4.79 Å². The van der Waals surface area contributed by atoms with Crippen molar-refractivity contribution in [1.82, 2.24) is 9.47 Å². The number of nitrogens with zero attached hydrogens (tertiary/aromatic N) is 2. The van der Waals surface area contributed by atoms with E-state index in [-0.39, 0.29) is 6.04 Å². The topological polar surface area (TPSA) is 45.5 Å². The molecule has 0 bridgehead atoms. The first-order chi connectivity index (χ1) is 7.99. The van der Waals surface area contributed by atoms with E-state index in [1.54, 1.807) is 6.07 Å². The fourth-order valence-corrected chi connectivity index (χ4v) is 2.36. The van der Waals surface area contributed by atoms with Gasteiger partial charge in [0.15, 0.2) is 0 Å². The number of likely N-dealkylation sites (N-methyl/N-ethyl adjacent to an activating group) is 1. The van der Waals surface area contributed by atoms with Gasteiger partial charge in [-0.1, -0.05) is 13.8 Å². The molecule has 1 N–H and O–H groups in total. The average Bonchev–Trinajstić information content (AvgIpc) is 2.68. The second-order valence-corrected chi connectivity index (χ2v) is 5.01. The lowest BCUT2D eigenvalue weighted by molar-refractivity contribution is 0.0681. The molecule has 0 radical (unpaired) electrons. The molecule has 0 saturated heterocycles. The van der Waals surface area contributed by atoms with Crippen molar-refractivity contribution in [2.75, 3.05) is 19.6 Å². The van der Waals surface area contributed by atoms with Crippen LogP contribution in [0.5, 0.6) is 0 Å². The highest BCUT2D eigenvalue weighted by Gasteiger charge is 2.17. The summed E-state index contributed by atoms with van der Waals surface area (Å²) >= 11 is 3.32. The van der Waals surface area contributed by atoms with Crippen LogP contribution in [0.1, 0.15) is 37.3 Å². The zero-order chi connectivity index (χ0) is 13.0. The number of aromatic nitrogens is 1. The molecule has 0 aliphatic heterocycles. The predicted molar refractivity (Wildman–Crippen MR) is 71.6 cm³/mol. The van der Waals surface area contributed by atoms with E-state index >= 15 is 0 Å². The Hall–Kier alpha value is -0.810. The molecule has 0 amide bonds. The molecule has 0 saturated carbocycles. The molecule has 0 aromatic carbocycles. The summed E-state index contributed by atoms with van der Waals surface area (Å²) in [5.74, 6) is -0.887. The second kappa shape index (κ2) is 6.21.